The highest BCUT2D eigenvalue weighted by Gasteiger charge is 2.55. The van der Waals surface area contributed by atoms with Crippen LogP contribution in [0.2, 0.25) is 0 Å². The Morgan fingerprint density at radius 2 is 2.16 bits per heavy atom. The Morgan fingerprint density at radius 3 is 2.74 bits per heavy atom. The largest absolute Gasteiger partial charge is 0.493 e. The summed E-state index contributed by atoms with van der Waals surface area (Å²) in [6.45, 7) is 6.36. The van der Waals surface area contributed by atoms with Crippen LogP contribution in [0.3, 0.4) is 0 Å². The van der Waals surface area contributed by atoms with E-state index in [1.54, 1.807) is 0 Å². The SMILES string of the molecule is CCC(O)(C(C)C)C1(C#N)CCOc2ccccc21. The van der Waals surface area contributed by atoms with Gasteiger partial charge >= 0.3 is 0 Å². The Morgan fingerprint density at radius 1 is 1.47 bits per heavy atom. The van der Waals surface area contributed by atoms with Crippen LogP contribution < -0.4 is 4.74 Å². The third-order valence-electron chi connectivity index (χ3n) is 4.51. The molecule has 0 saturated heterocycles. The third kappa shape index (κ3) is 1.82. The smallest absolute Gasteiger partial charge is 0.124 e. The lowest BCUT2D eigenvalue weighted by Crippen LogP contribution is -2.56. The first-order valence-electron chi connectivity index (χ1n) is 6.87. The summed E-state index contributed by atoms with van der Waals surface area (Å²) in [5.41, 5.74) is -1.10. The number of fused-ring (bicyclic) bond motifs is 1. The van der Waals surface area contributed by atoms with Crippen molar-refractivity contribution in [1.82, 2.24) is 0 Å². The second kappa shape index (κ2) is 4.86. The molecule has 19 heavy (non-hydrogen) atoms. The van der Waals surface area contributed by atoms with Gasteiger partial charge in [-0.25, -0.2) is 0 Å². The van der Waals surface area contributed by atoms with Crippen molar-refractivity contribution < 1.29 is 9.84 Å². The molecule has 0 bridgehead atoms. The zero-order chi connectivity index (χ0) is 14.1. The summed E-state index contributed by atoms with van der Waals surface area (Å²) in [4.78, 5) is 0. The maximum absolute atomic E-state index is 11.1. The maximum Gasteiger partial charge on any atom is 0.124 e. The molecule has 0 fully saturated rings. The molecule has 1 aliphatic rings. The highest BCUT2D eigenvalue weighted by atomic mass is 16.5. The molecule has 2 unspecified atom stereocenters. The van der Waals surface area contributed by atoms with Gasteiger partial charge in [0, 0.05) is 12.0 Å². The fourth-order valence-electron chi connectivity index (χ4n) is 3.26. The molecule has 0 aromatic heterocycles. The Hall–Kier alpha value is -1.53. The van der Waals surface area contributed by atoms with Gasteiger partial charge in [-0.2, -0.15) is 5.26 Å². The minimum absolute atomic E-state index is 0.00306. The maximum atomic E-state index is 11.1. The van der Waals surface area contributed by atoms with Crippen molar-refractivity contribution in [1.29, 1.82) is 5.26 Å². The van der Waals surface area contributed by atoms with Crippen LogP contribution in [-0.2, 0) is 5.41 Å². The lowest BCUT2D eigenvalue weighted by molar-refractivity contribution is -0.0720. The van der Waals surface area contributed by atoms with E-state index < -0.39 is 11.0 Å². The number of aliphatic hydroxyl groups is 1. The summed E-state index contributed by atoms with van der Waals surface area (Å²) < 4.78 is 5.64. The Kier molecular flexibility index (Phi) is 3.56. The zero-order valence-electron chi connectivity index (χ0n) is 11.8. The Bertz CT molecular complexity index is 506. The second-order valence-electron chi connectivity index (χ2n) is 5.54. The second-order valence-corrected chi connectivity index (χ2v) is 5.54. The predicted molar refractivity (Wildman–Crippen MR) is 73.9 cm³/mol. The first-order chi connectivity index (χ1) is 9.02. The molecular weight excluding hydrogens is 238 g/mol. The van der Waals surface area contributed by atoms with E-state index in [0.29, 0.717) is 19.4 Å². The van der Waals surface area contributed by atoms with E-state index in [2.05, 4.69) is 6.07 Å². The summed E-state index contributed by atoms with van der Waals surface area (Å²) in [5.74, 6) is 0.728. The molecule has 3 nitrogen and oxygen atoms in total. The number of para-hydroxylation sites is 1. The zero-order valence-corrected chi connectivity index (χ0v) is 11.8. The van der Waals surface area contributed by atoms with Crippen LogP contribution in [0.4, 0.5) is 0 Å². The number of nitriles is 1. The summed E-state index contributed by atoms with van der Waals surface area (Å²) in [6, 6.07) is 9.99. The lowest BCUT2D eigenvalue weighted by atomic mass is 9.60. The summed E-state index contributed by atoms with van der Waals surface area (Å²) in [7, 11) is 0. The summed E-state index contributed by atoms with van der Waals surface area (Å²) >= 11 is 0. The Labute approximate surface area is 114 Å². The van der Waals surface area contributed by atoms with E-state index in [1.807, 2.05) is 45.0 Å². The van der Waals surface area contributed by atoms with Gasteiger partial charge < -0.3 is 9.84 Å². The van der Waals surface area contributed by atoms with Crippen LogP contribution in [0.5, 0.6) is 5.75 Å². The van der Waals surface area contributed by atoms with Gasteiger partial charge in [0.05, 0.1) is 18.3 Å². The van der Waals surface area contributed by atoms with E-state index in [4.69, 9.17) is 4.74 Å². The van der Waals surface area contributed by atoms with Crippen molar-refractivity contribution in [2.45, 2.75) is 44.6 Å². The number of hydrogen-bond donors (Lipinski definition) is 1. The number of hydrogen-bond acceptors (Lipinski definition) is 3. The number of rotatable bonds is 3. The van der Waals surface area contributed by atoms with Crippen LogP contribution in [0, 0.1) is 17.2 Å². The van der Waals surface area contributed by atoms with E-state index in [0.717, 1.165) is 11.3 Å². The van der Waals surface area contributed by atoms with Gasteiger partial charge in [-0.05, 0) is 18.4 Å². The molecular formula is C16H21NO2. The molecule has 0 spiro atoms. The number of nitrogens with zero attached hydrogens (tertiary/aromatic N) is 1. The predicted octanol–water partition coefficient (Wildman–Crippen LogP) is 3.03. The van der Waals surface area contributed by atoms with Crippen LogP contribution in [0.25, 0.3) is 0 Å². The van der Waals surface area contributed by atoms with Gasteiger partial charge in [0.1, 0.15) is 11.2 Å². The first kappa shape index (κ1) is 13.9. The molecule has 1 N–H and O–H groups in total. The molecule has 0 aliphatic carbocycles. The average Bonchev–Trinajstić information content (AvgIpc) is 2.45. The topological polar surface area (TPSA) is 53.2 Å². The normalized spacial score (nSPS) is 25.1. The molecule has 2 atom stereocenters. The molecule has 1 aromatic rings. The molecule has 0 radical (unpaired) electrons. The van der Waals surface area contributed by atoms with Gasteiger partial charge in [-0.15, -0.1) is 0 Å². The monoisotopic (exact) mass is 259 g/mol. The van der Waals surface area contributed by atoms with Crippen molar-refractivity contribution in [3.63, 3.8) is 0 Å². The van der Waals surface area contributed by atoms with Crippen molar-refractivity contribution in [3.8, 4) is 11.8 Å². The van der Waals surface area contributed by atoms with Gasteiger partial charge in [0.2, 0.25) is 0 Å². The minimum atomic E-state index is -1.04. The number of ether oxygens (including phenoxy) is 1. The van der Waals surface area contributed by atoms with Crippen LogP contribution in [0.1, 0.15) is 39.2 Å². The molecule has 1 aromatic carbocycles. The van der Waals surface area contributed by atoms with E-state index >= 15 is 0 Å². The van der Waals surface area contributed by atoms with Gasteiger partial charge in [0.15, 0.2) is 0 Å². The molecule has 1 aliphatic heterocycles. The molecule has 1 heterocycles. The first-order valence-corrected chi connectivity index (χ1v) is 6.87. The summed E-state index contributed by atoms with van der Waals surface area (Å²) in [5, 5.41) is 21.0. The number of benzene rings is 1. The highest BCUT2D eigenvalue weighted by Crippen LogP contribution is 2.49. The fourth-order valence-corrected chi connectivity index (χ4v) is 3.26. The van der Waals surface area contributed by atoms with Crippen LogP contribution in [-0.4, -0.2) is 17.3 Å². The van der Waals surface area contributed by atoms with Crippen molar-refractivity contribution >= 4 is 0 Å². The van der Waals surface area contributed by atoms with E-state index in [9.17, 15) is 10.4 Å². The lowest BCUT2D eigenvalue weighted by Gasteiger charge is -2.47. The van der Waals surface area contributed by atoms with E-state index in [-0.39, 0.29) is 5.92 Å². The van der Waals surface area contributed by atoms with Crippen molar-refractivity contribution in [3.05, 3.63) is 29.8 Å². The van der Waals surface area contributed by atoms with E-state index in [1.165, 1.54) is 0 Å². The van der Waals surface area contributed by atoms with Gasteiger partial charge in [-0.1, -0.05) is 39.0 Å². The molecule has 3 heteroatoms. The standard InChI is InChI=1S/C16H21NO2/c1-4-16(18,12(2)3)15(11-17)9-10-19-14-8-6-5-7-13(14)15/h5-8,12,18H,4,9-10H2,1-3H3. The van der Waals surface area contributed by atoms with Crippen molar-refractivity contribution in [2.75, 3.05) is 6.61 Å². The van der Waals surface area contributed by atoms with Gasteiger partial charge in [0.25, 0.3) is 0 Å². The van der Waals surface area contributed by atoms with Crippen LogP contribution >= 0.6 is 0 Å². The van der Waals surface area contributed by atoms with Crippen LogP contribution in [0.15, 0.2) is 24.3 Å². The Balaban J connectivity index is 2.66. The average molecular weight is 259 g/mol. The quantitative estimate of drug-likeness (QED) is 0.907. The summed E-state index contributed by atoms with van der Waals surface area (Å²) in [6.07, 6.45) is 1.08. The van der Waals surface area contributed by atoms with Crippen molar-refractivity contribution in [2.24, 2.45) is 5.92 Å². The highest BCUT2D eigenvalue weighted by molar-refractivity contribution is 5.48. The fraction of sp³-hybridized carbons (Fsp3) is 0.562. The minimum Gasteiger partial charge on any atom is -0.493 e. The molecule has 0 saturated carbocycles. The van der Waals surface area contributed by atoms with Gasteiger partial charge in [-0.3, -0.25) is 0 Å². The third-order valence-corrected chi connectivity index (χ3v) is 4.51. The molecule has 0 amide bonds. The molecule has 102 valence electrons. The molecule has 2 rings (SSSR count).